The van der Waals surface area contributed by atoms with Gasteiger partial charge in [-0.1, -0.05) is 12.1 Å². The van der Waals surface area contributed by atoms with Crippen LogP contribution >= 0.6 is 0 Å². The number of nitrogens with zero attached hydrogens (tertiary/aromatic N) is 3. The van der Waals surface area contributed by atoms with E-state index in [1.54, 1.807) is 18.3 Å². The molecule has 1 aromatic carbocycles. The van der Waals surface area contributed by atoms with Gasteiger partial charge >= 0.3 is 0 Å². The molecule has 2 heterocycles. The average molecular weight is 352 g/mol. The SMILES string of the molecule is CC(=O)Nc1cc(C(=O)N2CCN(c3cccc(C)c3C)CC2)ccn1. The van der Waals surface area contributed by atoms with Gasteiger partial charge in [-0.25, -0.2) is 4.98 Å². The van der Waals surface area contributed by atoms with Crippen molar-refractivity contribution in [1.82, 2.24) is 9.88 Å². The summed E-state index contributed by atoms with van der Waals surface area (Å²) in [5, 5.41) is 2.61. The summed E-state index contributed by atoms with van der Waals surface area (Å²) >= 11 is 0. The first-order chi connectivity index (χ1) is 12.5. The molecule has 0 radical (unpaired) electrons. The molecule has 0 aliphatic carbocycles. The minimum absolute atomic E-state index is 0.0281. The minimum atomic E-state index is -0.204. The number of amides is 2. The molecule has 6 heteroatoms. The van der Waals surface area contributed by atoms with Gasteiger partial charge in [0.2, 0.25) is 5.91 Å². The summed E-state index contributed by atoms with van der Waals surface area (Å²) in [6.07, 6.45) is 1.55. The first-order valence-electron chi connectivity index (χ1n) is 8.80. The molecule has 0 bridgehead atoms. The maximum absolute atomic E-state index is 12.8. The lowest BCUT2D eigenvalue weighted by Gasteiger charge is -2.37. The second kappa shape index (κ2) is 7.56. The van der Waals surface area contributed by atoms with Gasteiger partial charge in [0, 0.05) is 50.6 Å². The number of pyridine rings is 1. The first kappa shape index (κ1) is 17.9. The quantitative estimate of drug-likeness (QED) is 0.922. The number of hydrogen-bond acceptors (Lipinski definition) is 4. The summed E-state index contributed by atoms with van der Waals surface area (Å²) in [5.41, 5.74) is 4.36. The molecule has 1 N–H and O–H groups in total. The fourth-order valence-electron chi connectivity index (χ4n) is 3.22. The zero-order chi connectivity index (χ0) is 18.7. The van der Waals surface area contributed by atoms with E-state index in [0.717, 1.165) is 13.1 Å². The molecular weight excluding hydrogens is 328 g/mol. The summed E-state index contributed by atoms with van der Waals surface area (Å²) < 4.78 is 0. The third-order valence-electron chi connectivity index (χ3n) is 4.79. The number of rotatable bonds is 3. The van der Waals surface area contributed by atoms with E-state index in [9.17, 15) is 9.59 Å². The van der Waals surface area contributed by atoms with Crippen LogP contribution in [0.5, 0.6) is 0 Å². The molecule has 1 aromatic heterocycles. The van der Waals surface area contributed by atoms with Gasteiger partial charge in [0.15, 0.2) is 0 Å². The van der Waals surface area contributed by atoms with Crippen LogP contribution in [0.3, 0.4) is 0 Å². The summed E-state index contributed by atoms with van der Waals surface area (Å²) in [6, 6.07) is 9.65. The van der Waals surface area contributed by atoms with Gasteiger partial charge in [0.05, 0.1) is 0 Å². The number of anilines is 2. The Labute approximate surface area is 153 Å². The molecule has 1 aliphatic rings. The van der Waals surface area contributed by atoms with E-state index in [1.165, 1.54) is 23.7 Å². The Morgan fingerprint density at radius 1 is 1.08 bits per heavy atom. The third kappa shape index (κ3) is 3.85. The molecule has 136 valence electrons. The van der Waals surface area contributed by atoms with Crippen molar-refractivity contribution in [2.75, 3.05) is 36.4 Å². The summed E-state index contributed by atoms with van der Waals surface area (Å²) in [5.74, 6) is 0.168. The van der Waals surface area contributed by atoms with Crippen molar-refractivity contribution in [3.8, 4) is 0 Å². The van der Waals surface area contributed by atoms with E-state index in [4.69, 9.17) is 0 Å². The van der Waals surface area contributed by atoms with E-state index in [-0.39, 0.29) is 11.8 Å². The largest absolute Gasteiger partial charge is 0.368 e. The van der Waals surface area contributed by atoms with Crippen molar-refractivity contribution in [2.45, 2.75) is 20.8 Å². The van der Waals surface area contributed by atoms with E-state index >= 15 is 0 Å². The Morgan fingerprint density at radius 2 is 1.81 bits per heavy atom. The van der Waals surface area contributed by atoms with Gasteiger partial charge in [-0.05, 0) is 43.2 Å². The highest BCUT2D eigenvalue weighted by atomic mass is 16.2. The Hall–Kier alpha value is -2.89. The second-order valence-electron chi connectivity index (χ2n) is 6.61. The molecular formula is C20H24N4O2. The smallest absolute Gasteiger partial charge is 0.254 e. The van der Waals surface area contributed by atoms with Crippen LogP contribution in [-0.4, -0.2) is 47.9 Å². The van der Waals surface area contributed by atoms with Gasteiger partial charge in [0.25, 0.3) is 5.91 Å². The Balaban J connectivity index is 1.67. The highest BCUT2D eigenvalue weighted by molar-refractivity contribution is 5.96. The molecule has 1 fully saturated rings. The van der Waals surface area contributed by atoms with E-state index < -0.39 is 0 Å². The van der Waals surface area contributed by atoms with Gasteiger partial charge in [-0.15, -0.1) is 0 Å². The minimum Gasteiger partial charge on any atom is -0.368 e. The number of aryl methyl sites for hydroxylation is 1. The van der Waals surface area contributed by atoms with Crippen molar-refractivity contribution in [2.24, 2.45) is 0 Å². The van der Waals surface area contributed by atoms with Crippen molar-refractivity contribution >= 4 is 23.3 Å². The Kier molecular flexibility index (Phi) is 5.21. The molecule has 2 amide bonds. The summed E-state index contributed by atoms with van der Waals surface area (Å²) in [4.78, 5) is 32.2. The number of piperazine rings is 1. The molecule has 26 heavy (non-hydrogen) atoms. The van der Waals surface area contributed by atoms with Crippen LogP contribution in [0.25, 0.3) is 0 Å². The zero-order valence-corrected chi connectivity index (χ0v) is 15.5. The van der Waals surface area contributed by atoms with Crippen LogP contribution in [0.2, 0.25) is 0 Å². The highest BCUT2D eigenvalue weighted by Gasteiger charge is 2.23. The molecule has 6 nitrogen and oxygen atoms in total. The van der Waals surface area contributed by atoms with E-state index in [2.05, 4.69) is 47.2 Å². The Bertz CT molecular complexity index is 826. The molecule has 0 unspecified atom stereocenters. The molecule has 1 saturated heterocycles. The van der Waals surface area contributed by atoms with E-state index in [0.29, 0.717) is 24.5 Å². The number of aromatic nitrogens is 1. The lowest BCUT2D eigenvalue weighted by Crippen LogP contribution is -2.49. The molecule has 0 spiro atoms. The molecule has 0 atom stereocenters. The van der Waals surface area contributed by atoms with Crippen LogP contribution in [0.15, 0.2) is 36.5 Å². The third-order valence-corrected chi connectivity index (χ3v) is 4.79. The number of nitrogens with one attached hydrogen (secondary N) is 1. The maximum Gasteiger partial charge on any atom is 0.254 e. The molecule has 3 rings (SSSR count). The summed E-state index contributed by atoms with van der Waals surface area (Å²) in [6.45, 7) is 8.63. The van der Waals surface area contributed by atoms with Crippen LogP contribution in [0.4, 0.5) is 11.5 Å². The highest BCUT2D eigenvalue weighted by Crippen LogP contribution is 2.24. The molecule has 0 saturated carbocycles. The topological polar surface area (TPSA) is 65.5 Å². The maximum atomic E-state index is 12.8. The zero-order valence-electron chi connectivity index (χ0n) is 15.5. The number of carbonyl (C=O) groups excluding carboxylic acids is 2. The van der Waals surface area contributed by atoms with Crippen molar-refractivity contribution in [3.63, 3.8) is 0 Å². The number of carbonyl (C=O) groups is 2. The van der Waals surface area contributed by atoms with Gasteiger partial charge in [-0.2, -0.15) is 0 Å². The monoisotopic (exact) mass is 352 g/mol. The number of benzene rings is 1. The van der Waals surface area contributed by atoms with Gasteiger partial charge < -0.3 is 15.1 Å². The van der Waals surface area contributed by atoms with Crippen molar-refractivity contribution in [3.05, 3.63) is 53.2 Å². The normalized spacial score (nSPS) is 14.3. The van der Waals surface area contributed by atoms with Gasteiger partial charge in [0.1, 0.15) is 5.82 Å². The molecule has 1 aliphatic heterocycles. The lowest BCUT2D eigenvalue weighted by atomic mass is 10.1. The van der Waals surface area contributed by atoms with Crippen LogP contribution in [0, 0.1) is 13.8 Å². The standard InChI is InChI=1S/C20H24N4O2/c1-14-5-4-6-18(15(14)2)23-9-11-24(12-10-23)20(26)17-7-8-21-19(13-17)22-16(3)25/h4-8,13H,9-12H2,1-3H3,(H,21,22,25). The van der Waals surface area contributed by atoms with Crippen molar-refractivity contribution in [1.29, 1.82) is 0 Å². The first-order valence-corrected chi connectivity index (χ1v) is 8.80. The fourth-order valence-corrected chi connectivity index (χ4v) is 3.22. The summed E-state index contributed by atoms with van der Waals surface area (Å²) in [7, 11) is 0. The predicted octanol–water partition coefficient (Wildman–Crippen LogP) is 2.62. The predicted molar refractivity (Wildman–Crippen MR) is 103 cm³/mol. The lowest BCUT2D eigenvalue weighted by molar-refractivity contribution is -0.114. The number of hydrogen-bond donors (Lipinski definition) is 1. The van der Waals surface area contributed by atoms with Gasteiger partial charge in [-0.3, -0.25) is 9.59 Å². The Morgan fingerprint density at radius 3 is 2.50 bits per heavy atom. The fraction of sp³-hybridized carbons (Fsp3) is 0.350. The van der Waals surface area contributed by atoms with Crippen LogP contribution in [0.1, 0.15) is 28.4 Å². The average Bonchev–Trinajstić information content (AvgIpc) is 2.63. The molecule has 2 aromatic rings. The van der Waals surface area contributed by atoms with Crippen molar-refractivity contribution < 1.29 is 9.59 Å². The van der Waals surface area contributed by atoms with E-state index in [1.807, 2.05) is 4.90 Å². The van der Waals surface area contributed by atoms with Crippen LogP contribution in [-0.2, 0) is 4.79 Å². The second-order valence-corrected chi connectivity index (χ2v) is 6.61. The van der Waals surface area contributed by atoms with Crippen LogP contribution < -0.4 is 10.2 Å².